The standard InChI is InChI=1S/C17H20ClN3O2/c1-11-17(22)20(3)8-9-21(11)10-15-12(2)23-16(19-15)13-6-4-5-7-14(13)18/h4-7,11H,8-10H2,1-3H3. The number of halogens is 1. The molecule has 0 bridgehead atoms. The molecular weight excluding hydrogens is 314 g/mol. The van der Waals surface area contributed by atoms with E-state index in [1.165, 1.54) is 0 Å². The number of aryl methyl sites for hydroxylation is 1. The first kappa shape index (κ1) is 16.0. The molecule has 1 aromatic heterocycles. The molecule has 2 aromatic rings. The maximum atomic E-state index is 12.1. The number of benzene rings is 1. The van der Waals surface area contributed by atoms with Crippen molar-refractivity contribution >= 4 is 17.5 Å². The number of hydrogen-bond acceptors (Lipinski definition) is 4. The molecule has 122 valence electrons. The van der Waals surface area contributed by atoms with Crippen LogP contribution < -0.4 is 0 Å². The summed E-state index contributed by atoms with van der Waals surface area (Å²) >= 11 is 6.21. The van der Waals surface area contributed by atoms with Gasteiger partial charge in [-0.3, -0.25) is 9.69 Å². The monoisotopic (exact) mass is 333 g/mol. The predicted octanol–water partition coefficient (Wildman–Crippen LogP) is 2.97. The molecule has 1 fully saturated rings. The van der Waals surface area contributed by atoms with E-state index in [1.54, 1.807) is 4.90 Å². The first-order valence-corrected chi connectivity index (χ1v) is 8.05. The van der Waals surface area contributed by atoms with Crippen LogP contribution in [0.1, 0.15) is 18.4 Å². The lowest BCUT2D eigenvalue weighted by atomic mass is 10.1. The molecule has 3 rings (SSSR count). The topological polar surface area (TPSA) is 49.6 Å². The fourth-order valence-corrected chi connectivity index (χ4v) is 3.01. The highest BCUT2D eigenvalue weighted by molar-refractivity contribution is 6.33. The van der Waals surface area contributed by atoms with Gasteiger partial charge in [-0.15, -0.1) is 0 Å². The van der Waals surface area contributed by atoms with Gasteiger partial charge in [-0.05, 0) is 26.0 Å². The van der Waals surface area contributed by atoms with Gasteiger partial charge in [0, 0.05) is 26.7 Å². The lowest BCUT2D eigenvalue weighted by Gasteiger charge is -2.36. The number of rotatable bonds is 3. The van der Waals surface area contributed by atoms with Crippen molar-refractivity contribution < 1.29 is 9.21 Å². The third-order valence-electron chi connectivity index (χ3n) is 4.35. The zero-order valence-electron chi connectivity index (χ0n) is 13.5. The molecule has 23 heavy (non-hydrogen) atoms. The van der Waals surface area contributed by atoms with Crippen molar-refractivity contribution in [2.24, 2.45) is 0 Å². The van der Waals surface area contributed by atoms with Gasteiger partial charge in [0.25, 0.3) is 0 Å². The molecule has 6 heteroatoms. The van der Waals surface area contributed by atoms with Gasteiger partial charge in [-0.2, -0.15) is 0 Å². The number of nitrogens with zero attached hydrogens (tertiary/aromatic N) is 3. The third-order valence-corrected chi connectivity index (χ3v) is 4.68. The molecule has 1 aliphatic heterocycles. The van der Waals surface area contributed by atoms with Gasteiger partial charge in [0.05, 0.1) is 22.3 Å². The molecule has 1 atom stereocenters. The summed E-state index contributed by atoms with van der Waals surface area (Å²) in [7, 11) is 1.84. The second-order valence-electron chi connectivity index (χ2n) is 5.91. The molecule has 1 saturated heterocycles. The predicted molar refractivity (Wildman–Crippen MR) is 89.2 cm³/mol. The Balaban J connectivity index is 1.82. The van der Waals surface area contributed by atoms with Crippen LogP contribution in [0.5, 0.6) is 0 Å². The summed E-state index contributed by atoms with van der Waals surface area (Å²) in [4.78, 5) is 20.6. The Morgan fingerprint density at radius 3 is 2.83 bits per heavy atom. The Bertz CT molecular complexity index is 728. The van der Waals surface area contributed by atoms with Gasteiger partial charge in [0.1, 0.15) is 5.76 Å². The molecule has 0 aliphatic carbocycles. The van der Waals surface area contributed by atoms with Crippen molar-refractivity contribution in [2.75, 3.05) is 20.1 Å². The first-order valence-electron chi connectivity index (χ1n) is 7.67. The highest BCUT2D eigenvalue weighted by atomic mass is 35.5. The van der Waals surface area contributed by atoms with E-state index in [1.807, 2.05) is 45.2 Å². The fourth-order valence-electron chi connectivity index (χ4n) is 2.79. The van der Waals surface area contributed by atoms with Crippen molar-refractivity contribution in [3.63, 3.8) is 0 Å². The van der Waals surface area contributed by atoms with Crippen LogP contribution in [0.25, 0.3) is 11.5 Å². The van der Waals surface area contributed by atoms with Crippen LogP contribution in [0.2, 0.25) is 5.02 Å². The van der Waals surface area contributed by atoms with Crippen LogP contribution in [0.15, 0.2) is 28.7 Å². The zero-order valence-corrected chi connectivity index (χ0v) is 14.3. The normalized spacial score (nSPS) is 19.4. The number of piperazine rings is 1. The zero-order chi connectivity index (χ0) is 16.6. The highest BCUT2D eigenvalue weighted by Gasteiger charge is 2.30. The van der Waals surface area contributed by atoms with E-state index < -0.39 is 0 Å². The van der Waals surface area contributed by atoms with Gasteiger partial charge in [0.2, 0.25) is 11.8 Å². The molecule has 5 nitrogen and oxygen atoms in total. The summed E-state index contributed by atoms with van der Waals surface area (Å²) in [6.07, 6.45) is 0. The largest absolute Gasteiger partial charge is 0.441 e. The average Bonchev–Trinajstić information content (AvgIpc) is 2.89. The van der Waals surface area contributed by atoms with E-state index in [0.29, 0.717) is 17.5 Å². The van der Waals surface area contributed by atoms with Crippen molar-refractivity contribution in [1.82, 2.24) is 14.8 Å². The van der Waals surface area contributed by atoms with E-state index >= 15 is 0 Å². The maximum Gasteiger partial charge on any atom is 0.239 e. The number of hydrogen-bond donors (Lipinski definition) is 0. The average molecular weight is 334 g/mol. The molecule has 1 unspecified atom stereocenters. The van der Waals surface area contributed by atoms with Gasteiger partial charge in [-0.25, -0.2) is 4.98 Å². The van der Waals surface area contributed by atoms with Gasteiger partial charge in [-0.1, -0.05) is 23.7 Å². The number of amides is 1. The van der Waals surface area contributed by atoms with Crippen LogP contribution in [0.3, 0.4) is 0 Å². The molecule has 0 N–H and O–H groups in total. The Hall–Kier alpha value is -1.85. The van der Waals surface area contributed by atoms with E-state index in [2.05, 4.69) is 9.88 Å². The van der Waals surface area contributed by atoms with Crippen LogP contribution >= 0.6 is 11.6 Å². The SMILES string of the molecule is Cc1oc(-c2ccccc2Cl)nc1CN1CCN(C)C(=O)C1C. The van der Waals surface area contributed by atoms with Crippen LogP contribution in [-0.4, -0.2) is 46.9 Å². The quantitative estimate of drug-likeness (QED) is 0.866. The van der Waals surface area contributed by atoms with Gasteiger partial charge in [0.15, 0.2) is 0 Å². The summed E-state index contributed by atoms with van der Waals surface area (Å²) in [6, 6.07) is 7.34. The number of carbonyl (C=O) groups is 1. The first-order chi connectivity index (χ1) is 11.0. The van der Waals surface area contributed by atoms with Gasteiger partial charge >= 0.3 is 0 Å². The van der Waals surface area contributed by atoms with Crippen LogP contribution in [0, 0.1) is 6.92 Å². The summed E-state index contributed by atoms with van der Waals surface area (Å²) in [5, 5.41) is 0.614. The summed E-state index contributed by atoms with van der Waals surface area (Å²) < 4.78 is 5.79. The molecule has 2 heterocycles. The summed E-state index contributed by atoms with van der Waals surface area (Å²) in [5.74, 6) is 1.43. The van der Waals surface area contributed by atoms with Crippen molar-refractivity contribution in [3.8, 4) is 11.5 Å². The molecule has 1 amide bonds. The smallest absolute Gasteiger partial charge is 0.239 e. The Morgan fingerprint density at radius 1 is 1.35 bits per heavy atom. The van der Waals surface area contributed by atoms with E-state index in [-0.39, 0.29) is 11.9 Å². The van der Waals surface area contributed by atoms with Crippen molar-refractivity contribution in [2.45, 2.75) is 26.4 Å². The lowest BCUT2D eigenvalue weighted by molar-refractivity contribution is -0.139. The number of carbonyl (C=O) groups excluding carboxylic acids is 1. The highest BCUT2D eigenvalue weighted by Crippen LogP contribution is 2.29. The number of oxazole rings is 1. The van der Waals surface area contributed by atoms with Crippen molar-refractivity contribution in [3.05, 3.63) is 40.7 Å². The molecule has 0 spiro atoms. The van der Waals surface area contributed by atoms with E-state index in [0.717, 1.165) is 30.1 Å². The molecular formula is C17H20ClN3O2. The fraction of sp³-hybridized carbons (Fsp3) is 0.412. The second-order valence-corrected chi connectivity index (χ2v) is 6.32. The van der Waals surface area contributed by atoms with Crippen LogP contribution in [0.4, 0.5) is 0 Å². The minimum atomic E-state index is -0.145. The van der Waals surface area contributed by atoms with Crippen molar-refractivity contribution in [1.29, 1.82) is 0 Å². The molecule has 1 aromatic carbocycles. The van der Waals surface area contributed by atoms with Gasteiger partial charge < -0.3 is 9.32 Å². The Morgan fingerprint density at radius 2 is 2.09 bits per heavy atom. The minimum absolute atomic E-state index is 0.142. The van der Waals surface area contributed by atoms with E-state index in [9.17, 15) is 4.79 Å². The maximum absolute atomic E-state index is 12.1. The molecule has 0 radical (unpaired) electrons. The Labute approximate surface area is 140 Å². The third kappa shape index (κ3) is 3.12. The minimum Gasteiger partial charge on any atom is -0.441 e. The van der Waals surface area contributed by atoms with Crippen LogP contribution in [-0.2, 0) is 11.3 Å². The van der Waals surface area contributed by atoms with E-state index in [4.69, 9.17) is 16.0 Å². The second kappa shape index (κ2) is 6.34. The molecule has 0 saturated carbocycles. The number of aromatic nitrogens is 1. The lowest BCUT2D eigenvalue weighted by Crippen LogP contribution is -2.53. The Kier molecular flexibility index (Phi) is 4.41. The molecule has 1 aliphatic rings. The summed E-state index contributed by atoms with van der Waals surface area (Å²) in [6.45, 7) is 5.99. The number of likely N-dealkylation sites (N-methyl/N-ethyl adjacent to an activating group) is 1. The summed E-state index contributed by atoms with van der Waals surface area (Å²) in [5.41, 5.74) is 1.63.